The van der Waals surface area contributed by atoms with E-state index < -0.39 is 0 Å². The van der Waals surface area contributed by atoms with Gasteiger partial charge in [0.15, 0.2) is 0 Å². The third kappa shape index (κ3) is 3.25. The summed E-state index contributed by atoms with van der Waals surface area (Å²) in [4.78, 5) is 0. The Hall–Kier alpha value is 0.320. The van der Waals surface area contributed by atoms with Crippen LogP contribution in [0.25, 0.3) is 0 Å². The molecule has 0 saturated carbocycles. The van der Waals surface area contributed by atoms with Crippen molar-refractivity contribution < 1.29 is 0 Å². The van der Waals surface area contributed by atoms with Crippen molar-refractivity contribution in [2.75, 3.05) is 0 Å². The molecule has 0 aromatic heterocycles. The summed E-state index contributed by atoms with van der Waals surface area (Å²) >= 11 is 14.0. The van der Waals surface area contributed by atoms with E-state index in [4.69, 9.17) is 5.73 Å². The molecule has 0 aliphatic rings. The Morgan fingerprint density at radius 1 is 0.722 bits per heavy atom. The van der Waals surface area contributed by atoms with Gasteiger partial charge in [-0.15, -0.1) is 0 Å². The molecule has 0 heterocycles. The van der Waals surface area contributed by atoms with E-state index >= 15 is 0 Å². The number of hydrogen-bond donors (Lipinski definition) is 1. The predicted molar refractivity (Wildman–Crippen MR) is 89.7 cm³/mol. The van der Waals surface area contributed by atoms with E-state index in [9.17, 15) is 0 Å². The number of halogens is 4. The van der Waals surface area contributed by atoms with Crippen LogP contribution >= 0.6 is 63.7 Å². The third-order valence-corrected chi connectivity index (χ3v) is 4.96. The van der Waals surface area contributed by atoms with Crippen LogP contribution in [0.15, 0.2) is 54.3 Å². The fraction of sp³-hybridized carbons (Fsp3) is 0.0769. The lowest BCUT2D eigenvalue weighted by atomic mass is 10.00. The molecule has 0 spiro atoms. The number of nitrogens with two attached hydrogens (primary N) is 1. The third-order valence-electron chi connectivity index (χ3n) is 2.60. The molecular formula is C13H9Br4N. The highest BCUT2D eigenvalue weighted by Gasteiger charge is 2.15. The zero-order valence-corrected chi connectivity index (χ0v) is 15.5. The van der Waals surface area contributed by atoms with E-state index in [0.717, 1.165) is 29.0 Å². The lowest BCUT2D eigenvalue weighted by Gasteiger charge is -2.16. The zero-order valence-electron chi connectivity index (χ0n) is 9.13. The molecule has 18 heavy (non-hydrogen) atoms. The Balaban J connectivity index is 2.44. The van der Waals surface area contributed by atoms with E-state index in [0.29, 0.717) is 0 Å². The van der Waals surface area contributed by atoms with Gasteiger partial charge in [0.1, 0.15) is 0 Å². The molecule has 2 N–H and O–H groups in total. The number of benzene rings is 2. The summed E-state index contributed by atoms with van der Waals surface area (Å²) in [6.07, 6.45) is 0. The van der Waals surface area contributed by atoms with Crippen LogP contribution in [-0.2, 0) is 0 Å². The molecule has 5 heteroatoms. The second-order valence-corrected chi connectivity index (χ2v) is 7.35. The molecule has 0 bridgehead atoms. The summed E-state index contributed by atoms with van der Waals surface area (Å²) in [5.41, 5.74) is 8.44. The second-order valence-electron chi connectivity index (χ2n) is 3.81. The lowest BCUT2D eigenvalue weighted by molar-refractivity contribution is 0.859. The topological polar surface area (TPSA) is 26.0 Å². The molecule has 0 atom stereocenters. The van der Waals surface area contributed by atoms with Crippen molar-refractivity contribution in [1.82, 2.24) is 0 Å². The smallest absolute Gasteiger partial charge is 0.0574 e. The SMILES string of the molecule is NC(c1ccc(Br)cc1Br)c1ccc(Br)cc1Br. The minimum atomic E-state index is -0.171. The summed E-state index contributed by atoms with van der Waals surface area (Å²) < 4.78 is 4.05. The summed E-state index contributed by atoms with van der Waals surface area (Å²) in [6.45, 7) is 0. The van der Waals surface area contributed by atoms with Gasteiger partial charge in [0.05, 0.1) is 6.04 Å². The molecule has 0 aliphatic heterocycles. The molecule has 0 amide bonds. The molecule has 0 unspecified atom stereocenters. The van der Waals surface area contributed by atoms with E-state index in [1.807, 2.05) is 36.4 Å². The van der Waals surface area contributed by atoms with Gasteiger partial charge in [-0.2, -0.15) is 0 Å². The number of rotatable bonds is 2. The normalized spacial score (nSPS) is 11.0. The van der Waals surface area contributed by atoms with Crippen LogP contribution in [-0.4, -0.2) is 0 Å². The Bertz CT molecular complexity index is 532. The minimum Gasteiger partial charge on any atom is -0.320 e. The van der Waals surface area contributed by atoms with Gasteiger partial charge in [0.2, 0.25) is 0 Å². The largest absolute Gasteiger partial charge is 0.320 e. The van der Waals surface area contributed by atoms with Crippen LogP contribution in [0.3, 0.4) is 0 Å². The summed E-state index contributed by atoms with van der Waals surface area (Å²) in [5.74, 6) is 0. The maximum Gasteiger partial charge on any atom is 0.0574 e. The highest BCUT2D eigenvalue weighted by atomic mass is 79.9. The van der Waals surface area contributed by atoms with Gasteiger partial charge in [-0.3, -0.25) is 0 Å². The van der Waals surface area contributed by atoms with Gasteiger partial charge >= 0.3 is 0 Å². The highest BCUT2D eigenvalue weighted by molar-refractivity contribution is 9.11. The molecule has 2 aromatic carbocycles. The van der Waals surface area contributed by atoms with E-state index in [2.05, 4.69) is 63.7 Å². The van der Waals surface area contributed by atoms with Crippen LogP contribution < -0.4 is 5.73 Å². The van der Waals surface area contributed by atoms with Crippen LogP contribution in [0.5, 0.6) is 0 Å². The number of hydrogen-bond acceptors (Lipinski definition) is 1. The van der Waals surface area contributed by atoms with Gasteiger partial charge in [-0.25, -0.2) is 0 Å². The van der Waals surface area contributed by atoms with Crippen molar-refractivity contribution in [1.29, 1.82) is 0 Å². The summed E-state index contributed by atoms with van der Waals surface area (Å²) in [7, 11) is 0. The molecule has 1 nitrogen and oxygen atoms in total. The molecule has 2 aromatic rings. The first kappa shape index (κ1) is 14.7. The summed E-state index contributed by atoms with van der Waals surface area (Å²) in [5, 5.41) is 0. The van der Waals surface area contributed by atoms with Crippen molar-refractivity contribution in [2.24, 2.45) is 5.73 Å². The maximum absolute atomic E-state index is 6.33. The average molecular weight is 499 g/mol. The van der Waals surface area contributed by atoms with Crippen LogP contribution in [0.1, 0.15) is 17.2 Å². The minimum absolute atomic E-state index is 0.171. The fourth-order valence-corrected chi connectivity index (χ4v) is 4.26. The molecule has 2 rings (SSSR count). The van der Waals surface area contributed by atoms with Crippen molar-refractivity contribution in [3.63, 3.8) is 0 Å². The van der Waals surface area contributed by atoms with Gasteiger partial charge in [-0.05, 0) is 35.4 Å². The fourth-order valence-electron chi connectivity index (χ4n) is 1.67. The first-order valence-electron chi connectivity index (χ1n) is 5.14. The molecule has 94 valence electrons. The van der Waals surface area contributed by atoms with Gasteiger partial charge in [0, 0.05) is 17.9 Å². The molecular weight excluding hydrogens is 490 g/mol. The van der Waals surface area contributed by atoms with Crippen molar-refractivity contribution in [3.05, 3.63) is 65.4 Å². The maximum atomic E-state index is 6.33. The Kier molecular flexibility index (Phi) is 5.06. The monoisotopic (exact) mass is 495 g/mol. The summed E-state index contributed by atoms with van der Waals surface area (Å²) in [6, 6.07) is 11.9. The van der Waals surface area contributed by atoms with Gasteiger partial charge < -0.3 is 5.73 Å². The second kappa shape index (κ2) is 6.18. The first-order chi connectivity index (χ1) is 8.49. The quantitative estimate of drug-likeness (QED) is 0.558. The zero-order chi connectivity index (χ0) is 13.3. The standard InChI is InChI=1S/C13H9Br4N/c14-7-1-3-9(11(16)5-7)13(18)10-4-2-8(15)6-12(10)17/h1-6,13H,18H2. The van der Waals surface area contributed by atoms with Gasteiger partial charge in [-0.1, -0.05) is 75.9 Å². The Labute approximate surface area is 140 Å². The molecule has 0 fully saturated rings. The van der Waals surface area contributed by atoms with Crippen LogP contribution in [0, 0.1) is 0 Å². The van der Waals surface area contributed by atoms with E-state index in [1.54, 1.807) is 0 Å². The molecule has 0 radical (unpaired) electrons. The highest BCUT2D eigenvalue weighted by Crippen LogP contribution is 2.33. The van der Waals surface area contributed by atoms with Crippen LogP contribution in [0.4, 0.5) is 0 Å². The molecule has 0 saturated heterocycles. The Morgan fingerprint density at radius 3 is 1.44 bits per heavy atom. The predicted octanol–water partition coefficient (Wildman–Crippen LogP) is 5.78. The van der Waals surface area contributed by atoms with Crippen molar-refractivity contribution in [3.8, 4) is 0 Å². The molecule has 0 aliphatic carbocycles. The average Bonchev–Trinajstić information content (AvgIpc) is 2.28. The van der Waals surface area contributed by atoms with Crippen molar-refractivity contribution >= 4 is 63.7 Å². The first-order valence-corrected chi connectivity index (χ1v) is 8.31. The Morgan fingerprint density at radius 2 is 1.11 bits per heavy atom. The van der Waals surface area contributed by atoms with Gasteiger partial charge in [0.25, 0.3) is 0 Å². The van der Waals surface area contributed by atoms with Crippen molar-refractivity contribution in [2.45, 2.75) is 6.04 Å². The van der Waals surface area contributed by atoms with E-state index in [-0.39, 0.29) is 6.04 Å². The van der Waals surface area contributed by atoms with Crippen LogP contribution in [0.2, 0.25) is 0 Å². The van der Waals surface area contributed by atoms with E-state index in [1.165, 1.54) is 0 Å². The lowest BCUT2D eigenvalue weighted by Crippen LogP contribution is -2.13.